The molecular weight excluding hydrogens is 256 g/mol. The van der Waals surface area contributed by atoms with Crippen molar-refractivity contribution < 1.29 is 4.74 Å². The minimum Gasteiger partial charge on any atom is -0.375 e. The van der Waals surface area contributed by atoms with E-state index in [-0.39, 0.29) is 6.10 Å². The van der Waals surface area contributed by atoms with Crippen LogP contribution in [0, 0.1) is 0 Å². The van der Waals surface area contributed by atoms with Crippen LogP contribution in [0.2, 0.25) is 0 Å². The molecule has 2 heterocycles. The summed E-state index contributed by atoms with van der Waals surface area (Å²) in [5.41, 5.74) is 0. The van der Waals surface area contributed by atoms with Crippen molar-refractivity contribution in [2.24, 2.45) is 0 Å². The maximum Gasteiger partial charge on any atom is 0.232 e. The average molecular weight is 280 g/mol. The van der Waals surface area contributed by atoms with Gasteiger partial charge in [-0.2, -0.15) is 15.0 Å². The van der Waals surface area contributed by atoms with Crippen LogP contribution >= 0.6 is 0 Å². The summed E-state index contributed by atoms with van der Waals surface area (Å²) in [6.45, 7) is 7.32. The highest BCUT2D eigenvalue weighted by molar-refractivity contribution is 5.44. The Kier molecular flexibility index (Phi) is 4.94. The molecule has 2 rings (SSSR count). The molecule has 0 spiro atoms. The van der Waals surface area contributed by atoms with Crippen LogP contribution in [0.1, 0.15) is 20.3 Å². The maximum absolute atomic E-state index is 5.70. The van der Waals surface area contributed by atoms with Gasteiger partial charge in [0.15, 0.2) is 0 Å². The quantitative estimate of drug-likeness (QED) is 0.862. The van der Waals surface area contributed by atoms with Gasteiger partial charge in [0.25, 0.3) is 0 Å². The van der Waals surface area contributed by atoms with Gasteiger partial charge in [-0.1, -0.05) is 6.92 Å². The van der Waals surface area contributed by atoms with E-state index in [4.69, 9.17) is 4.74 Å². The van der Waals surface area contributed by atoms with Crippen LogP contribution < -0.4 is 15.1 Å². The molecule has 7 nitrogen and oxygen atoms in total. The molecule has 1 aliphatic heterocycles. The van der Waals surface area contributed by atoms with Crippen LogP contribution in [0.5, 0.6) is 0 Å². The predicted octanol–water partition coefficient (Wildman–Crippen LogP) is 0.985. The first-order chi connectivity index (χ1) is 9.63. The van der Waals surface area contributed by atoms with E-state index in [0.29, 0.717) is 11.9 Å². The predicted molar refractivity (Wildman–Crippen MR) is 80.6 cm³/mol. The summed E-state index contributed by atoms with van der Waals surface area (Å²) >= 11 is 0. The monoisotopic (exact) mass is 280 g/mol. The summed E-state index contributed by atoms with van der Waals surface area (Å²) < 4.78 is 5.70. The number of hydrogen-bond donors (Lipinski definition) is 1. The van der Waals surface area contributed by atoms with Crippen LogP contribution in [0.15, 0.2) is 0 Å². The van der Waals surface area contributed by atoms with Gasteiger partial charge in [-0.15, -0.1) is 0 Å². The number of anilines is 3. The summed E-state index contributed by atoms with van der Waals surface area (Å²) in [5.74, 6) is 2.02. The van der Waals surface area contributed by atoms with Gasteiger partial charge >= 0.3 is 0 Å². The van der Waals surface area contributed by atoms with Crippen LogP contribution in [0.4, 0.5) is 17.8 Å². The third kappa shape index (κ3) is 3.47. The molecule has 1 unspecified atom stereocenters. The number of hydrogen-bond acceptors (Lipinski definition) is 7. The lowest BCUT2D eigenvalue weighted by Crippen LogP contribution is -2.43. The Bertz CT molecular complexity index is 439. The number of nitrogens with one attached hydrogen (secondary N) is 1. The molecule has 1 aromatic rings. The van der Waals surface area contributed by atoms with Gasteiger partial charge in [0.05, 0.1) is 12.7 Å². The van der Waals surface area contributed by atoms with Crippen LogP contribution in [-0.4, -0.2) is 61.4 Å². The lowest BCUT2D eigenvalue weighted by atomic mass is 10.2. The Morgan fingerprint density at radius 1 is 1.30 bits per heavy atom. The Hall–Kier alpha value is -1.63. The highest BCUT2D eigenvalue weighted by Gasteiger charge is 2.22. The maximum atomic E-state index is 5.70. The fourth-order valence-corrected chi connectivity index (χ4v) is 2.08. The third-order valence-corrected chi connectivity index (χ3v) is 3.22. The van der Waals surface area contributed by atoms with Crippen molar-refractivity contribution in [3.63, 3.8) is 0 Å². The zero-order chi connectivity index (χ0) is 14.5. The van der Waals surface area contributed by atoms with E-state index in [9.17, 15) is 0 Å². The highest BCUT2D eigenvalue weighted by atomic mass is 16.5. The summed E-state index contributed by atoms with van der Waals surface area (Å²) in [6.07, 6.45) is 1.26. The van der Waals surface area contributed by atoms with Gasteiger partial charge in [-0.05, 0) is 13.3 Å². The van der Waals surface area contributed by atoms with Gasteiger partial charge in [0, 0.05) is 33.7 Å². The Morgan fingerprint density at radius 2 is 2.10 bits per heavy atom. The van der Waals surface area contributed by atoms with E-state index in [0.717, 1.165) is 38.6 Å². The number of nitrogens with zero attached hydrogens (tertiary/aromatic N) is 5. The van der Waals surface area contributed by atoms with Gasteiger partial charge in [0.1, 0.15) is 0 Å². The van der Waals surface area contributed by atoms with Crippen LogP contribution in [0.3, 0.4) is 0 Å². The van der Waals surface area contributed by atoms with E-state index in [1.54, 1.807) is 0 Å². The molecule has 1 fully saturated rings. The second-order valence-corrected chi connectivity index (χ2v) is 5.03. The molecule has 0 radical (unpaired) electrons. The van der Waals surface area contributed by atoms with Gasteiger partial charge in [-0.3, -0.25) is 0 Å². The molecule has 1 saturated heterocycles. The van der Waals surface area contributed by atoms with E-state index in [2.05, 4.69) is 32.1 Å². The number of aromatic nitrogens is 3. The molecule has 0 aliphatic carbocycles. The minimum atomic E-state index is 0.255. The summed E-state index contributed by atoms with van der Waals surface area (Å²) in [5, 5.41) is 3.16. The van der Waals surface area contributed by atoms with Crippen LogP contribution in [-0.2, 0) is 4.74 Å². The van der Waals surface area contributed by atoms with Crippen molar-refractivity contribution in [3.05, 3.63) is 0 Å². The fourth-order valence-electron chi connectivity index (χ4n) is 2.08. The molecule has 0 bridgehead atoms. The van der Waals surface area contributed by atoms with Crippen molar-refractivity contribution in [1.82, 2.24) is 15.0 Å². The van der Waals surface area contributed by atoms with E-state index >= 15 is 0 Å². The van der Waals surface area contributed by atoms with Gasteiger partial charge in [-0.25, -0.2) is 0 Å². The summed E-state index contributed by atoms with van der Waals surface area (Å²) in [4.78, 5) is 17.5. The largest absolute Gasteiger partial charge is 0.375 e. The first kappa shape index (κ1) is 14.8. The van der Waals surface area contributed by atoms with Gasteiger partial charge < -0.3 is 19.9 Å². The lowest BCUT2D eigenvalue weighted by Gasteiger charge is -2.32. The summed E-state index contributed by atoms with van der Waals surface area (Å²) in [7, 11) is 3.87. The van der Waals surface area contributed by atoms with E-state index in [1.165, 1.54) is 0 Å². The summed E-state index contributed by atoms with van der Waals surface area (Å²) in [6, 6.07) is 0. The number of morpholine rings is 1. The molecule has 0 aromatic carbocycles. The molecule has 0 saturated carbocycles. The zero-order valence-corrected chi connectivity index (χ0v) is 12.8. The molecule has 7 heteroatoms. The first-order valence-corrected chi connectivity index (χ1v) is 7.17. The van der Waals surface area contributed by atoms with E-state index in [1.807, 2.05) is 25.9 Å². The van der Waals surface area contributed by atoms with E-state index < -0.39 is 0 Å². The smallest absolute Gasteiger partial charge is 0.232 e. The Labute approximate surface area is 120 Å². The Morgan fingerprint density at radius 3 is 2.75 bits per heavy atom. The Balaban J connectivity index is 2.24. The zero-order valence-electron chi connectivity index (χ0n) is 12.8. The first-order valence-electron chi connectivity index (χ1n) is 7.17. The van der Waals surface area contributed by atoms with Crippen molar-refractivity contribution >= 4 is 17.8 Å². The second-order valence-electron chi connectivity index (χ2n) is 5.03. The fraction of sp³-hybridized carbons (Fsp3) is 0.769. The van der Waals surface area contributed by atoms with Crippen molar-refractivity contribution in [2.75, 3.05) is 55.5 Å². The third-order valence-electron chi connectivity index (χ3n) is 3.22. The molecule has 1 aliphatic rings. The van der Waals surface area contributed by atoms with Crippen LogP contribution in [0.25, 0.3) is 0 Å². The molecule has 20 heavy (non-hydrogen) atoms. The number of ether oxygens (including phenoxy) is 1. The SMILES string of the molecule is CCNc1nc(N(C)C)nc(N2CCOC(CC)C2)n1. The molecule has 112 valence electrons. The van der Waals surface area contributed by atoms with Gasteiger partial charge in [0.2, 0.25) is 17.8 Å². The normalized spacial score (nSPS) is 19.0. The molecule has 0 amide bonds. The lowest BCUT2D eigenvalue weighted by molar-refractivity contribution is 0.0379. The molecule has 1 N–H and O–H groups in total. The highest BCUT2D eigenvalue weighted by Crippen LogP contribution is 2.18. The van der Waals surface area contributed by atoms with Crippen molar-refractivity contribution in [1.29, 1.82) is 0 Å². The minimum absolute atomic E-state index is 0.255. The average Bonchev–Trinajstić information content (AvgIpc) is 2.47. The molecule has 1 atom stereocenters. The number of rotatable bonds is 5. The molecule has 1 aromatic heterocycles. The topological polar surface area (TPSA) is 66.4 Å². The standard InChI is InChI=1S/C13H24N6O/c1-5-10-9-19(7-8-20-10)13-16-11(14-6-2)15-12(17-13)18(3)4/h10H,5-9H2,1-4H3,(H,14,15,16,17). The van der Waals surface area contributed by atoms with Crippen molar-refractivity contribution in [3.8, 4) is 0 Å². The van der Waals surface area contributed by atoms with Crippen molar-refractivity contribution in [2.45, 2.75) is 26.4 Å². The second kappa shape index (κ2) is 6.69. The molecular formula is C13H24N6O.